The SMILES string of the molecule is CCCCCCCCCCCCCCCC(=O)OC[C@H](COC(=O)CCCCCCCCCCCC(C)C)OC(=O)CCCCCCCCCCCCC(C)C. The normalized spacial score (nSPS) is 12.1. The molecule has 0 unspecified atom stereocenters. The van der Waals surface area contributed by atoms with Gasteiger partial charge in [0.1, 0.15) is 13.2 Å². The minimum absolute atomic E-state index is 0.0642. The summed E-state index contributed by atoms with van der Waals surface area (Å²) in [6.07, 6.45) is 42.3. The van der Waals surface area contributed by atoms with Crippen LogP contribution < -0.4 is 0 Å². The van der Waals surface area contributed by atoms with E-state index in [1.54, 1.807) is 0 Å². The highest BCUT2D eigenvalue weighted by Gasteiger charge is 2.19. The van der Waals surface area contributed by atoms with Gasteiger partial charge in [-0.25, -0.2) is 0 Å². The maximum atomic E-state index is 12.7. The van der Waals surface area contributed by atoms with Crippen molar-refractivity contribution < 1.29 is 28.6 Å². The Kier molecular flexibility index (Phi) is 41.8. The Morgan fingerprint density at radius 3 is 0.875 bits per heavy atom. The molecule has 332 valence electrons. The summed E-state index contributed by atoms with van der Waals surface area (Å²) < 4.78 is 16.8. The quantitative estimate of drug-likeness (QED) is 0.0347. The van der Waals surface area contributed by atoms with Gasteiger partial charge in [0, 0.05) is 19.3 Å². The van der Waals surface area contributed by atoms with Gasteiger partial charge in [-0.2, -0.15) is 0 Å². The van der Waals surface area contributed by atoms with Gasteiger partial charge in [-0.05, 0) is 31.1 Å². The van der Waals surface area contributed by atoms with Crippen LogP contribution in [0.5, 0.6) is 0 Å². The van der Waals surface area contributed by atoms with E-state index in [0.717, 1.165) is 69.6 Å². The maximum Gasteiger partial charge on any atom is 0.306 e. The van der Waals surface area contributed by atoms with E-state index in [2.05, 4.69) is 34.6 Å². The fourth-order valence-corrected chi connectivity index (χ4v) is 7.46. The van der Waals surface area contributed by atoms with Crippen LogP contribution in [0.3, 0.4) is 0 Å². The second-order valence-electron chi connectivity index (χ2n) is 18.1. The highest BCUT2D eigenvalue weighted by Crippen LogP contribution is 2.17. The third kappa shape index (κ3) is 43.5. The van der Waals surface area contributed by atoms with Gasteiger partial charge in [-0.15, -0.1) is 0 Å². The lowest BCUT2D eigenvalue weighted by atomic mass is 10.0. The summed E-state index contributed by atoms with van der Waals surface area (Å²) in [5.74, 6) is 0.772. The van der Waals surface area contributed by atoms with Gasteiger partial charge in [0.15, 0.2) is 6.10 Å². The van der Waals surface area contributed by atoms with Crippen molar-refractivity contribution >= 4 is 17.9 Å². The molecule has 0 saturated heterocycles. The van der Waals surface area contributed by atoms with Crippen molar-refractivity contribution in [1.29, 1.82) is 0 Å². The lowest BCUT2D eigenvalue weighted by Gasteiger charge is -2.18. The van der Waals surface area contributed by atoms with E-state index in [1.807, 2.05) is 0 Å². The summed E-state index contributed by atoms with van der Waals surface area (Å²) in [5.41, 5.74) is 0. The lowest BCUT2D eigenvalue weighted by molar-refractivity contribution is -0.167. The molecule has 0 bridgehead atoms. The molecule has 0 aliphatic heterocycles. The molecular weight excluding hydrogens is 697 g/mol. The lowest BCUT2D eigenvalue weighted by Crippen LogP contribution is -2.30. The van der Waals surface area contributed by atoms with Crippen LogP contribution in [0.15, 0.2) is 0 Å². The minimum Gasteiger partial charge on any atom is -0.462 e. The maximum absolute atomic E-state index is 12.7. The molecule has 6 heteroatoms. The summed E-state index contributed by atoms with van der Waals surface area (Å²) in [6, 6.07) is 0. The largest absolute Gasteiger partial charge is 0.462 e. The molecule has 0 aliphatic rings. The van der Waals surface area contributed by atoms with Gasteiger partial charge in [0.25, 0.3) is 0 Å². The monoisotopic (exact) mass is 793 g/mol. The third-order valence-corrected chi connectivity index (χ3v) is 11.2. The van der Waals surface area contributed by atoms with E-state index in [9.17, 15) is 14.4 Å². The summed E-state index contributed by atoms with van der Waals surface area (Å²) >= 11 is 0. The number of hydrogen-bond acceptors (Lipinski definition) is 6. The number of hydrogen-bond donors (Lipinski definition) is 0. The molecule has 0 radical (unpaired) electrons. The van der Waals surface area contributed by atoms with Crippen molar-refractivity contribution in [3.8, 4) is 0 Å². The van der Waals surface area contributed by atoms with Crippen LogP contribution in [0.25, 0.3) is 0 Å². The van der Waals surface area contributed by atoms with E-state index in [0.29, 0.717) is 19.3 Å². The summed E-state index contributed by atoms with van der Waals surface area (Å²) in [5, 5.41) is 0. The minimum atomic E-state index is -0.761. The molecule has 0 N–H and O–H groups in total. The highest BCUT2D eigenvalue weighted by molar-refractivity contribution is 5.71. The number of unbranched alkanes of at least 4 members (excludes halogenated alkanes) is 29. The van der Waals surface area contributed by atoms with Crippen molar-refractivity contribution in [1.82, 2.24) is 0 Å². The first-order chi connectivity index (χ1) is 27.2. The van der Waals surface area contributed by atoms with E-state index in [1.165, 1.54) is 161 Å². The van der Waals surface area contributed by atoms with Crippen molar-refractivity contribution in [3.05, 3.63) is 0 Å². The molecule has 0 amide bonds. The second kappa shape index (κ2) is 43.0. The smallest absolute Gasteiger partial charge is 0.306 e. The number of esters is 3. The molecule has 0 heterocycles. The van der Waals surface area contributed by atoms with E-state index < -0.39 is 6.10 Å². The predicted octanol–water partition coefficient (Wildman–Crippen LogP) is 15.8. The van der Waals surface area contributed by atoms with Gasteiger partial charge in [-0.3, -0.25) is 14.4 Å². The molecule has 0 rings (SSSR count). The van der Waals surface area contributed by atoms with Crippen LogP contribution in [0.1, 0.15) is 272 Å². The fourth-order valence-electron chi connectivity index (χ4n) is 7.46. The van der Waals surface area contributed by atoms with Crippen LogP contribution in [-0.4, -0.2) is 37.2 Å². The van der Waals surface area contributed by atoms with Gasteiger partial charge >= 0.3 is 17.9 Å². The Morgan fingerprint density at radius 2 is 0.589 bits per heavy atom. The molecule has 0 spiro atoms. The molecule has 56 heavy (non-hydrogen) atoms. The average molecular weight is 793 g/mol. The van der Waals surface area contributed by atoms with Crippen LogP contribution in [0.2, 0.25) is 0 Å². The van der Waals surface area contributed by atoms with Crippen LogP contribution in [-0.2, 0) is 28.6 Å². The number of ether oxygens (including phenoxy) is 3. The van der Waals surface area contributed by atoms with Crippen LogP contribution in [0, 0.1) is 11.8 Å². The standard InChI is InChI=1S/C50H96O6/c1-6-7-8-9-10-11-12-13-14-20-25-30-35-40-48(51)54-43-47(44-55-49(52)41-36-31-26-22-17-19-24-29-34-39-46(4)5)56-50(53)42-37-32-27-21-16-15-18-23-28-33-38-45(2)3/h45-47H,6-44H2,1-5H3/t47-/m1/s1. The Morgan fingerprint density at radius 1 is 0.339 bits per heavy atom. The number of carbonyl (C=O) groups is 3. The Hall–Kier alpha value is -1.59. The molecular formula is C50H96O6. The highest BCUT2D eigenvalue weighted by atomic mass is 16.6. The second-order valence-corrected chi connectivity index (χ2v) is 18.1. The Bertz CT molecular complexity index is 854. The topological polar surface area (TPSA) is 78.9 Å². The van der Waals surface area contributed by atoms with Gasteiger partial charge in [0.2, 0.25) is 0 Å². The van der Waals surface area contributed by atoms with Crippen molar-refractivity contribution in [2.75, 3.05) is 13.2 Å². The first-order valence-corrected chi connectivity index (χ1v) is 24.7. The molecule has 0 saturated carbocycles. The zero-order valence-corrected chi connectivity index (χ0v) is 38.3. The molecule has 0 aromatic heterocycles. The molecule has 0 fully saturated rings. The Labute approximate surface area is 348 Å². The third-order valence-electron chi connectivity index (χ3n) is 11.2. The number of rotatable bonds is 44. The van der Waals surface area contributed by atoms with E-state index >= 15 is 0 Å². The summed E-state index contributed by atoms with van der Waals surface area (Å²) in [7, 11) is 0. The molecule has 1 atom stereocenters. The predicted molar refractivity (Wildman–Crippen MR) is 238 cm³/mol. The van der Waals surface area contributed by atoms with Crippen molar-refractivity contribution in [2.24, 2.45) is 11.8 Å². The van der Waals surface area contributed by atoms with E-state index in [4.69, 9.17) is 14.2 Å². The zero-order chi connectivity index (χ0) is 41.2. The summed E-state index contributed by atoms with van der Waals surface area (Å²) in [6.45, 7) is 11.3. The van der Waals surface area contributed by atoms with Crippen molar-refractivity contribution in [3.63, 3.8) is 0 Å². The van der Waals surface area contributed by atoms with Gasteiger partial charge in [-0.1, -0.05) is 234 Å². The molecule has 6 nitrogen and oxygen atoms in total. The van der Waals surface area contributed by atoms with E-state index in [-0.39, 0.29) is 31.1 Å². The van der Waals surface area contributed by atoms with Gasteiger partial charge in [0.05, 0.1) is 0 Å². The summed E-state index contributed by atoms with van der Waals surface area (Å²) in [4.78, 5) is 37.8. The van der Waals surface area contributed by atoms with Crippen LogP contribution >= 0.6 is 0 Å². The molecule has 0 aromatic carbocycles. The molecule has 0 aliphatic carbocycles. The van der Waals surface area contributed by atoms with Crippen LogP contribution in [0.4, 0.5) is 0 Å². The van der Waals surface area contributed by atoms with Gasteiger partial charge < -0.3 is 14.2 Å². The average Bonchev–Trinajstić information content (AvgIpc) is 3.16. The Balaban J connectivity index is 4.33. The zero-order valence-electron chi connectivity index (χ0n) is 38.3. The number of carbonyl (C=O) groups excluding carboxylic acids is 3. The van der Waals surface area contributed by atoms with Crippen molar-refractivity contribution in [2.45, 2.75) is 278 Å². The first-order valence-electron chi connectivity index (χ1n) is 24.7. The molecule has 0 aromatic rings. The fraction of sp³-hybridized carbons (Fsp3) is 0.940. The first kappa shape index (κ1) is 54.4.